The lowest BCUT2D eigenvalue weighted by Gasteiger charge is -2.26. The molecule has 2 N–H and O–H groups in total. The molecule has 0 atom stereocenters. The highest BCUT2D eigenvalue weighted by Gasteiger charge is 2.29. The summed E-state index contributed by atoms with van der Waals surface area (Å²) in [5, 5.41) is 0.473. The Hall–Kier alpha value is -2.32. The molecule has 0 saturated heterocycles. The molecule has 0 radical (unpaired) electrons. The van der Waals surface area contributed by atoms with Gasteiger partial charge in [-0.15, -0.1) is 0 Å². The van der Waals surface area contributed by atoms with Gasteiger partial charge in [0.15, 0.2) is 0 Å². The van der Waals surface area contributed by atoms with Crippen LogP contribution in [0.15, 0.2) is 40.9 Å². The molecule has 8 heteroatoms. The monoisotopic (exact) mass is 449 g/mol. The number of nitrogens with two attached hydrogens (primary N) is 1. The predicted octanol–water partition coefficient (Wildman–Crippen LogP) is 5.72. The minimum Gasteiger partial charge on any atom is -0.495 e. The fourth-order valence-electron chi connectivity index (χ4n) is 2.45. The first kappa shape index (κ1) is 19.4. The van der Waals surface area contributed by atoms with Crippen LogP contribution in [0.3, 0.4) is 0 Å². The molecule has 6 nitrogen and oxygen atoms in total. The summed E-state index contributed by atoms with van der Waals surface area (Å²) in [6.45, 7) is 5.44. The summed E-state index contributed by atoms with van der Waals surface area (Å²) in [6, 6.07) is 10.9. The van der Waals surface area contributed by atoms with Crippen LogP contribution in [-0.2, 0) is 4.74 Å². The molecule has 0 fully saturated rings. The second kappa shape index (κ2) is 7.36. The van der Waals surface area contributed by atoms with E-state index in [0.29, 0.717) is 22.3 Å². The molecule has 142 valence electrons. The van der Waals surface area contributed by atoms with Crippen molar-refractivity contribution in [3.63, 3.8) is 0 Å². The van der Waals surface area contributed by atoms with Gasteiger partial charge in [0, 0.05) is 10.2 Å². The number of amides is 1. The van der Waals surface area contributed by atoms with Crippen molar-refractivity contribution in [3.05, 3.63) is 40.9 Å². The van der Waals surface area contributed by atoms with Gasteiger partial charge in [0.05, 0.1) is 23.0 Å². The fourth-order valence-corrected chi connectivity index (χ4v) is 3.75. The highest BCUT2D eigenvalue weighted by atomic mass is 79.9. The Morgan fingerprint density at radius 3 is 2.63 bits per heavy atom. The highest BCUT2D eigenvalue weighted by molar-refractivity contribution is 9.10. The summed E-state index contributed by atoms with van der Waals surface area (Å²) in [7, 11) is 1.54. The number of carbonyl (C=O) groups excluding carboxylic acids is 1. The van der Waals surface area contributed by atoms with Crippen LogP contribution in [0.5, 0.6) is 5.75 Å². The van der Waals surface area contributed by atoms with Crippen LogP contribution in [0.1, 0.15) is 20.8 Å². The number of fused-ring (bicyclic) bond motifs is 1. The number of hydrogen-bond acceptors (Lipinski definition) is 6. The van der Waals surface area contributed by atoms with Gasteiger partial charge < -0.3 is 15.2 Å². The smallest absolute Gasteiger partial charge is 0.421 e. The Morgan fingerprint density at radius 1 is 1.22 bits per heavy atom. The quantitative estimate of drug-likeness (QED) is 0.517. The van der Waals surface area contributed by atoms with Crippen LogP contribution < -0.4 is 15.4 Å². The van der Waals surface area contributed by atoms with Crippen LogP contribution in [0.2, 0.25) is 0 Å². The van der Waals surface area contributed by atoms with E-state index in [1.807, 2.05) is 39.0 Å². The summed E-state index contributed by atoms with van der Waals surface area (Å²) < 4.78 is 12.9. The van der Waals surface area contributed by atoms with Crippen LogP contribution in [0.4, 0.5) is 21.3 Å². The van der Waals surface area contributed by atoms with E-state index in [9.17, 15) is 4.79 Å². The third-order valence-corrected chi connectivity index (χ3v) is 5.06. The van der Waals surface area contributed by atoms with Gasteiger partial charge in [-0.2, -0.15) is 0 Å². The number of nitrogens with zero attached hydrogens (tertiary/aromatic N) is 2. The predicted molar refractivity (Wildman–Crippen MR) is 113 cm³/mol. The Bertz CT molecular complexity index is 998. The van der Waals surface area contributed by atoms with Gasteiger partial charge >= 0.3 is 6.09 Å². The molecule has 3 aromatic rings. The number of carbonyl (C=O) groups is 1. The third kappa shape index (κ3) is 4.33. The molecular weight excluding hydrogens is 430 g/mol. The first-order valence-corrected chi connectivity index (χ1v) is 9.81. The SMILES string of the molecule is COc1ccc(N)cc1N(C(=O)OC(C)(C)C)c1nc2cc(Br)ccc2s1. The van der Waals surface area contributed by atoms with Gasteiger partial charge in [-0.3, -0.25) is 0 Å². The van der Waals surface area contributed by atoms with E-state index in [4.69, 9.17) is 15.2 Å². The zero-order chi connectivity index (χ0) is 19.8. The van der Waals surface area contributed by atoms with Gasteiger partial charge in [0.25, 0.3) is 0 Å². The van der Waals surface area contributed by atoms with E-state index in [2.05, 4.69) is 20.9 Å². The zero-order valence-corrected chi connectivity index (χ0v) is 17.8. The van der Waals surface area contributed by atoms with E-state index in [0.717, 1.165) is 14.7 Å². The van der Waals surface area contributed by atoms with Crippen LogP contribution in [-0.4, -0.2) is 23.8 Å². The molecule has 0 saturated carbocycles. The molecule has 0 aliphatic heterocycles. The summed E-state index contributed by atoms with van der Waals surface area (Å²) >= 11 is 4.83. The molecule has 0 aliphatic carbocycles. The van der Waals surface area contributed by atoms with Crippen molar-refractivity contribution < 1.29 is 14.3 Å². The number of aromatic nitrogens is 1. The molecule has 0 spiro atoms. The normalized spacial score (nSPS) is 11.4. The first-order chi connectivity index (χ1) is 12.7. The van der Waals surface area contributed by atoms with Crippen molar-refractivity contribution in [1.82, 2.24) is 4.98 Å². The fraction of sp³-hybridized carbons (Fsp3) is 0.263. The van der Waals surface area contributed by atoms with Gasteiger partial charge in [-0.1, -0.05) is 27.3 Å². The van der Waals surface area contributed by atoms with Crippen LogP contribution in [0, 0.1) is 0 Å². The first-order valence-electron chi connectivity index (χ1n) is 8.20. The largest absolute Gasteiger partial charge is 0.495 e. The van der Waals surface area contributed by atoms with E-state index < -0.39 is 11.7 Å². The number of hydrogen-bond donors (Lipinski definition) is 1. The summed E-state index contributed by atoms with van der Waals surface area (Å²) in [4.78, 5) is 19.1. The average molecular weight is 450 g/mol. The molecular formula is C19H20BrN3O3S. The Kier molecular flexibility index (Phi) is 5.30. The number of ether oxygens (including phenoxy) is 2. The van der Waals surface area contributed by atoms with Gasteiger partial charge in [0.1, 0.15) is 11.4 Å². The number of halogens is 1. The minimum atomic E-state index is -0.664. The standard InChI is InChI=1S/C19H20BrN3O3S/c1-19(2,3)26-18(24)23(14-10-12(21)6-7-15(14)25-4)17-22-13-9-11(20)5-8-16(13)27-17/h5-10H,21H2,1-4H3. The van der Waals surface area contributed by atoms with E-state index >= 15 is 0 Å². The Balaban J connectivity index is 2.17. The molecule has 27 heavy (non-hydrogen) atoms. The summed E-state index contributed by atoms with van der Waals surface area (Å²) in [5.41, 5.74) is 7.06. The van der Waals surface area contributed by atoms with Crippen molar-refractivity contribution in [2.24, 2.45) is 0 Å². The maximum Gasteiger partial charge on any atom is 0.421 e. The lowest BCUT2D eigenvalue weighted by molar-refractivity contribution is 0.0598. The Morgan fingerprint density at radius 2 is 1.96 bits per heavy atom. The topological polar surface area (TPSA) is 77.7 Å². The molecule has 1 aromatic heterocycles. The van der Waals surface area contributed by atoms with Crippen LogP contribution >= 0.6 is 27.3 Å². The lowest BCUT2D eigenvalue weighted by atomic mass is 10.2. The van der Waals surface area contributed by atoms with Gasteiger partial charge in [-0.05, 0) is 57.2 Å². The zero-order valence-electron chi connectivity index (χ0n) is 15.4. The maximum absolute atomic E-state index is 13.0. The van der Waals surface area contributed by atoms with E-state index in [1.54, 1.807) is 18.2 Å². The minimum absolute atomic E-state index is 0.473. The van der Waals surface area contributed by atoms with Crippen molar-refractivity contribution in [2.45, 2.75) is 26.4 Å². The number of benzene rings is 2. The number of methoxy groups -OCH3 is 1. The van der Waals surface area contributed by atoms with Crippen molar-refractivity contribution in [1.29, 1.82) is 0 Å². The third-order valence-electron chi connectivity index (χ3n) is 3.55. The molecule has 1 heterocycles. The van der Waals surface area contributed by atoms with Crippen LogP contribution in [0.25, 0.3) is 10.2 Å². The average Bonchev–Trinajstić information content (AvgIpc) is 2.96. The molecule has 0 aliphatic rings. The number of nitrogen functional groups attached to an aromatic ring is 1. The number of anilines is 3. The molecule has 2 aromatic carbocycles. The molecule has 0 bridgehead atoms. The summed E-state index contributed by atoms with van der Waals surface area (Å²) in [6.07, 6.45) is -0.551. The van der Waals surface area contributed by atoms with Gasteiger partial charge in [0.2, 0.25) is 5.13 Å². The van der Waals surface area contributed by atoms with E-state index in [1.165, 1.54) is 23.3 Å². The molecule has 1 amide bonds. The maximum atomic E-state index is 13.0. The number of rotatable bonds is 3. The highest BCUT2D eigenvalue weighted by Crippen LogP contribution is 2.40. The second-order valence-electron chi connectivity index (χ2n) is 6.86. The Labute approximate surface area is 170 Å². The van der Waals surface area contributed by atoms with Crippen molar-refractivity contribution in [2.75, 3.05) is 17.7 Å². The van der Waals surface area contributed by atoms with Crippen molar-refractivity contribution >= 4 is 60.1 Å². The second-order valence-corrected chi connectivity index (χ2v) is 8.78. The lowest BCUT2D eigenvalue weighted by Crippen LogP contribution is -2.34. The van der Waals surface area contributed by atoms with E-state index in [-0.39, 0.29) is 0 Å². The molecule has 3 rings (SSSR count). The molecule has 0 unspecified atom stereocenters. The van der Waals surface area contributed by atoms with Gasteiger partial charge in [-0.25, -0.2) is 14.7 Å². The van der Waals surface area contributed by atoms with Crippen molar-refractivity contribution in [3.8, 4) is 5.75 Å². The summed E-state index contributed by atoms with van der Waals surface area (Å²) in [5.74, 6) is 0.496. The number of thiazole rings is 1.